The van der Waals surface area contributed by atoms with Gasteiger partial charge in [0.15, 0.2) is 0 Å². The molecule has 0 aromatic heterocycles. The van der Waals surface area contributed by atoms with Gasteiger partial charge in [-0.05, 0) is 13.3 Å². The Morgan fingerprint density at radius 1 is 1.64 bits per heavy atom. The zero-order chi connectivity index (χ0) is 8.53. The van der Waals surface area contributed by atoms with Gasteiger partial charge >= 0.3 is 0 Å². The van der Waals surface area contributed by atoms with Crippen LogP contribution in [0.15, 0.2) is 12.7 Å². The van der Waals surface area contributed by atoms with Crippen LogP contribution in [0.2, 0.25) is 0 Å². The van der Waals surface area contributed by atoms with E-state index < -0.39 is 0 Å². The average molecular weight is 173 g/mol. The highest BCUT2D eigenvalue weighted by molar-refractivity contribution is 7.99. The summed E-state index contributed by atoms with van der Waals surface area (Å²) < 4.78 is 0. The zero-order valence-electron chi connectivity index (χ0n) is 7.60. The highest BCUT2D eigenvalue weighted by atomic mass is 32.2. The topological polar surface area (TPSA) is 12.0 Å². The molecule has 0 aliphatic heterocycles. The zero-order valence-corrected chi connectivity index (χ0v) is 8.41. The van der Waals surface area contributed by atoms with Gasteiger partial charge in [-0.25, -0.2) is 0 Å². The first kappa shape index (κ1) is 11.1. The van der Waals surface area contributed by atoms with Crippen LogP contribution < -0.4 is 5.32 Å². The summed E-state index contributed by atoms with van der Waals surface area (Å²) in [5.41, 5.74) is 0. The number of hydrogen-bond acceptors (Lipinski definition) is 2. The van der Waals surface area contributed by atoms with Gasteiger partial charge in [-0.1, -0.05) is 13.0 Å². The Morgan fingerprint density at radius 3 is 2.91 bits per heavy atom. The number of hydrogen-bond donors (Lipinski definition) is 1. The van der Waals surface area contributed by atoms with Gasteiger partial charge in [-0.15, -0.1) is 6.58 Å². The molecule has 0 saturated heterocycles. The quantitative estimate of drug-likeness (QED) is 0.468. The normalized spacial score (nSPS) is 12.9. The van der Waals surface area contributed by atoms with Gasteiger partial charge in [0.2, 0.25) is 0 Å². The van der Waals surface area contributed by atoms with Crippen LogP contribution in [0, 0.1) is 0 Å². The third kappa shape index (κ3) is 7.95. The summed E-state index contributed by atoms with van der Waals surface area (Å²) in [4.78, 5) is 0. The minimum Gasteiger partial charge on any atom is -0.313 e. The SMILES string of the molecule is C=CCSCCNC(C)CC. The minimum absolute atomic E-state index is 0.666. The summed E-state index contributed by atoms with van der Waals surface area (Å²) in [6, 6.07) is 0.666. The van der Waals surface area contributed by atoms with Gasteiger partial charge < -0.3 is 5.32 Å². The molecule has 0 aromatic rings. The molecule has 1 unspecified atom stereocenters. The molecule has 0 aliphatic carbocycles. The fraction of sp³-hybridized carbons (Fsp3) is 0.778. The van der Waals surface area contributed by atoms with Gasteiger partial charge in [0.05, 0.1) is 0 Å². The molecule has 66 valence electrons. The lowest BCUT2D eigenvalue weighted by Crippen LogP contribution is -2.27. The summed E-state index contributed by atoms with van der Waals surface area (Å²) in [6.45, 7) is 9.21. The van der Waals surface area contributed by atoms with Crippen molar-refractivity contribution in [3.8, 4) is 0 Å². The Kier molecular flexibility index (Phi) is 8.19. The van der Waals surface area contributed by atoms with Crippen LogP contribution >= 0.6 is 11.8 Å². The molecule has 0 radical (unpaired) electrons. The molecule has 0 aromatic carbocycles. The first-order valence-corrected chi connectivity index (χ1v) is 5.38. The molecular weight excluding hydrogens is 154 g/mol. The van der Waals surface area contributed by atoms with Crippen LogP contribution in [0.1, 0.15) is 20.3 Å². The lowest BCUT2D eigenvalue weighted by molar-refractivity contribution is 0.555. The van der Waals surface area contributed by atoms with E-state index in [2.05, 4.69) is 25.7 Å². The van der Waals surface area contributed by atoms with E-state index in [9.17, 15) is 0 Å². The Morgan fingerprint density at radius 2 is 2.36 bits per heavy atom. The Labute approximate surface area is 74.6 Å². The van der Waals surface area contributed by atoms with E-state index in [1.165, 1.54) is 12.2 Å². The predicted molar refractivity (Wildman–Crippen MR) is 55.3 cm³/mol. The number of nitrogens with one attached hydrogen (secondary N) is 1. The van der Waals surface area contributed by atoms with E-state index in [0.29, 0.717) is 6.04 Å². The monoisotopic (exact) mass is 173 g/mol. The van der Waals surface area contributed by atoms with E-state index in [1.54, 1.807) is 0 Å². The largest absolute Gasteiger partial charge is 0.313 e. The summed E-state index contributed by atoms with van der Waals surface area (Å²) in [5, 5.41) is 3.44. The van der Waals surface area contributed by atoms with Crippen LogP contribution in [0.25, 0.3) is 0 Å². The second kappa shape index (κ2) is 8.15. The van der Waals surface area contributed by atoms with Crippen molar-refractivity contribution in [3.05, 3.63) is 12.7 Å². The van der Waals surface area contributed by atoms with Crippen molar-refractivity contribution in [2.75, 3.05) is 18.1 Å². The molecule has 1 atom stereocenters. The van der Waals surface area contributed by atoms with Crippen molar-refractivity contribution >= 4 is 11.8 Å². The second-order valence-corrected chi connectivity index (χ2v) is 3.78. The van der Waals surface area contributed by atoms with Crippen LogP contribution in [0.4, 0.5) is 0 Å². The average Bonchev–Trinajstić information content (AvgIpc) is 2.04. The molecule has 1 N–H and O–H groups in total. The van der Waals surface area contributed by atoms with Crippen LogP contribution in [-0.4, -0.2) is 24.1 Å². The third-order valence-electron chi connectivity index (χ3n) is 1.59. The van der Waals surface area contributed by atoms with Crippen molar-refractivity contribution in [1.82, 2.24) is 5.32 Å². The summed E-state index contributed by atoms with van der Waals surface area (Å²) >= 11 is 1.93. The second-order valence-electron chi connectivity index (χ2n) is 2.63. The van der Waals surface area contributed by atoms with Gasteiger partial charge in [0.1, 0.15) is 0 Å². The molecule has 1 nitrogen and oxygen atoms in total. The molecule has 0 aliphatic rings. The van der Waals surface area contributed by atoms with E-state index in [1.807, 2.05) is 17.8 Å². The molecule has 0 heterocycles. The minimum atomic E-state index is 0.666. The standard InChI is InChI=1S/C9H19NS/c1-4-7-11-8-6-10-9(3)5-2/h4,9-10H,1,5-8H2,2-3H3. The third-order valence-corrected chi connectivity index (χ3v) is 2.55. The molecule has 0 saturated carbocycles. The van der Waals surface area contributed by atoms with Gasteiger partial charge in [-0.2, -0.15) is 11.8 Å². The van der Waals surface area contributed by atoms with Gasteiger partial charge in [0.25, 0.3) is 0 Å². The maximum atomic E-state index is 3.67. The van der Waals surface area contributed by atoms with Crippen LogP contribution in [-0.2, 0) is 0 Å². The number of thioether (sulfide) groups is 1. The maximum Gasteiger partial charge on any atom is 0.0111 e. The highest BCUT2D eigenvalue weighted by Gasteiger charge is 1.94. The Bertz CT molecular complexity index is 93.6. The highest BCUT2D eigenvalue weighted by Crippen LogP contribution is 1.97. The van der Waals surface area contributed by atoms with Crippen molar-refractivity contribution in [3.63, 3.8) is 0 Å². The molecule has 0 spiro atoms. The summed E-state index contributed by atoms with van der Waals surface area (Å²) in [5.74, 6) is 2.26. The van der Waals surface area contributed by atoms with Crippen molar-refractivity contribution in [2.45, 2.75) is 26.3 Å². The lowest BCUT2D eigenvalue weighted by atomic mass is 10.3. The first-order valence-electron chi connectivity index (χ1n) is 4.23. The predicted octanol–water partition coefficient (Wildman–Crippen LogP) is 2.29. The smallest absolute Gasteiger partial charge is 0.0111 e. The molecule has 11 heavy (non-hydrogen) atoms. The fourth-order valence-electron chi connectivity index (χ4n) is 0.688. The van der Waals surface area contributed by atoms with Crippen molar-refractivity contribution in [1.29, 1.82) is 0 Å². The number of rotatable bonds is 7. The van der Waals surface area contributed by atoms with E-state index in [-0.39, 0.29) is 0 Å². The van der Waals surface area contributed by atoms with Crippen molar-refractivity contribution in [2.24, 2.45) is 0 Å². The first-order chi connectivity index (χ1) is 5.31. The summed E-state index contributed by atoms with van der Waals surface area (Å²) in [7, 11) is 0. The molecule has 0 rings (SSSR count). The molecule has 0 bridgehead atoms. The fourth-order valence-corrected chi connectivity index (χ4v) is 1.28. The van der Waals surface area contributed by atoms with Gasteiger partial charge in [-0.3, -0.25) is 0 Å². The van der Waals surface area contributed by atoms with E-state index in [4.69, 9.17) is 0 Å². The Balaban J connectivity index is 2.95. The van der Waals surface area contributed by atoms with Gasteiger partial charge in [0, 0.05) is 24.1 Å². The Hall–Kier alpha value is 0.0500. The lowest BCUT2D eigenvalue weighted by Gasteiger charge is -2.09. The van der Waals surface area contributed by atoms with E-state index in [0.717, 1.165) is 12.3 Å². The van der Waals surface area contributed by atoms with E-state index >= 15 is 0 Å². The molecule has 0 fully saturated rings. The molecule has 2 heteroatoms. The van der Waals surface area contributed by atoms with Crippen LogP contribution in [0.5, 0.6) is 0 Å². The summed E-state index contributed by atoms with van der Waals surface area (Å²) in [6.07, 6.45) is 3.17. The molecule has 0 amide bonds. The maximum absolute atomic E-state index is 3.67. The van der Waals surface area contributed by atoms with Crippen molar-refractivity contribution < 1.29 is 0 Å². The van der Waals surface area contributed by atoms with Crippen LogP contribution in [0.3, 0.4) is 0 Å². The molecular formula is C9H19NS.